The molecule has 0 spiro atoms. The van der Waals surface area contributed by atoms with Crippen molar-refractivity contribution in [2.75, 3.05) is 6.61 Å². The van der Waals surface area contributed by atoms with Gasteiger partial charge in [0.25, 0.3) is 0 Å². The van der Waals surface area contributed by atoms with Gasteiger partial charge in [-0.2, -0.15) is 5.26 Å². The number of esters is 1. The Morgan fingerprint density at radius 3 is 2.50 bits per heavy atom. The highest BCUT2D eigenvalue weighted by Crippen LogP contribution is 2.07. The van der Waals surface area contributed by atoms with Crippen molar-refractivity contribution in [3.05, 3.63) is 47.3 Å². The van der Waals surface area contributed by atoms with E-state index in [2.05, 4.69) is 4.74 Å². The number of ketones is 1. The van der Waals surface area contributed by atoms with Crippen LogP contribution in [0.15, 0.2) is 35.9 Å². The van der Waals surface area contributed by atoms with Crippen molar-refractivity contribution in [3.63, 3.8) is 0 Å². The predicted octanol–water partition coefficient (Wildman–Crippen LogP) is 2.02. The van der Waals surface area contributed by atoms with Gasteiger partial charge >= 0.3 is 5.97 Å². The van der Waals surface area contributed by atoms with Crippen LogP contribution >= 0.6 is 0 Å². The number of rotatable bonds is 4. The Hall–Kier alpha value is -2.48. The van der Waals surface area contributed by atoms with E-state index >= 15 is 0 Å². The summed E-state index contributed by atoms with van der Waals surface area (Å²) < 4.78 is 17.3. The first-order valence-electron chi connectivity index (χ1n) is 5.17. The lowest BCUT2D eigenvalue weighted by Crippen LogP contribution is -2.08. The van der Waals surface area contributed by atoms with Gasteiger partial charge in [-0.1, -0.05) is 0 Å². The van der Waals surface area contributed by atoms with E-state index in [1.165, 1.54) is 12.1 Å². The van der Waals surface area contributed by atoms with Crippen molar-refractivity contribution in [2.24, 2.45) is 0 Å². The number of ether oxygens (including phenoxy) is 1. The zero-order chi connectivity index (χ0) is 13.5. The molecule has 0 saturated heterocycles. The number of carbonyl (C=O) groups excluding carboxylic acids is 2. The van der Waals surface area contributed by atoms with Gasteiger partial charge in [-0.3, -0.25) is 4.79 Å². The number of nitrogens with zero attached hydrogens (tertiary/aromatic N) is 1. The zero-order valence-corrected chi connectivity index (χ0v) is 9.64. The molecule has 0 fully saturated rings. The predicted molar refractivity (Wildman–Crippen MR) is 61.1 cm³/mol. The van der Waals surface area contributed by atoms with Crippen LogP contribution in [0.2, 0.25) is 0 Å². The van der Waals surface area contributed by atoms with E-state index in [-0.39, 0.29) is 17.7 Å². The smallest absolute Gasteiger partial charge is 0.349 e. The van der Waals surface area contributed by atoms with Gasteiger partial charge in [0.05, 0.1) is 6.61 Å². The molecule has 0 aromatic heterocycles. The Kier molecular flexibility index (Phi) is 4.76. The molecule has 1 rings (SSSR count). The SMILES string of the molecule is CCOC(=O)/C(C#N)=C/C(=O)c1ccc(F)cc1. The molecule has 5 heteroatoms. The maximum atomic E-state index is 12.7. The Labute approximate surface area is 103 Å². The molecule has 0 aliphatic heterocycles. The monoisotopic (exact) mass is 247 g/mol. The summed E-state index contributed by atoms with van der Waals surface area (Å²) in [5.41, 5.74) is -0.195. The van der Waals surface area contributed by atoms with E-state index in [0.29, 0.717) is 0 Å². The summed E-state index contributed by atoms with van der Waals surface area (Å²) >= 11 is 0. The average Bonchev–Trinajstić information content (AvgIpc) is 2.36. The topological polar surface area (TPSA) is 67.2 Å². The number of benzene rings is 1. The van der Waals surface area contributed by atoms with Gasteiger partial charge in [0.2, 0.25) is 0 Å². The van der Waals surface area contributed by atoms with E-state index in [0.717, 1.165) is 18.2 Å². The van der Waals surface area contributed by atoms with Crippen LogP contribution in [0.1, 0.15) is 17.3 Å². The molecule has 0 unspecified atom stereocenters. The second-order valence-corrected chi connectivity index (χ2v) is 3.26. The quantitative estimate of drug-likeness (QED) is 0.353. The lowest BCUT2D eigenvalue weighted by molar-refractivity contribution is -0.138. The highest BCUT2D eigenvalue weighted by atomic mass is 19.1. The fraction of sp³-hybridized carbons (Fsp3) is 0.154. The summed E-state index contributed by atoms with van der Waals surface area (Å²) in [6, 6.07) is 6.38. The first-order chi connectivity index (χ1) is 8.58. The van der Waals surface area contributed by atoms with Crippen molar-refractivity contribution in [2.45, 2.75) is 6.92 Å². The van der Waals surface area contributed by atoms with Gasteiger partial charge in [-0.25, -0.2) is 9.18 Å². The summed E-state index contributed by atoms with van der Waals surface area (Å²) in [6.07, 6.45) is 0.880. The maximum absolute atomic E-state index is 12.7. The molecular formula is C13H10FNO3. The number of nitriles is 1. The number of carbonyl (C=O) groups is 2. The number of hydrogen-bond donors (Lipinski definition) is 0. The number of allylic oxidation sites excluding steroid dienone is 1. The minimum Gasteiger partial charge on any atom is -0.462 e. The van der Waals surface area contributed by atoms with E-state index in [9.17, 15) is 14.0 Å². The molecule has 0 radical (unpaired) electrons. The summed E-state index contributed by atoms with van der Waals surface area (Å²) in [4.78, 5) is 22.9. The highest BCUT2D eigenvalue weighted by Gasteiger charge is 2.13. The third-order valence-corrected chi connectivity index (χ3v) is 2.02. The summed E-state index contributed by atoms with van der Waals surface area (Å²) in [7, 11) is 0. The minimum atomic E-state index is -0.851. The second-order valence-electron chi connectivity index (χ2n) is 3.26. The van der Waals surface area contributed by atoms with Crippen LogP contribution in [-0.4, -0.2) is 18.4 Å². The Bertz CT molecular complexity index is 526. The zero-order valence-electron chi connectivity index (χ0n) is 9.64. The average molecular weight is 247 g/mol. The van der Waals surface area contributed by atoms with Gasteiger partial charge in [0.1, 0.15) is 17.5 Å². The molecule has 0 amide bonds. The summed E-state index contributed by atoms with van der Waals surface area (Å²) in [6.45, 7) is 1.71. The van der Waals surface area contributed by atoms with Crippen molar-refractivity contribution >= 4 is 11.8 Å². The Balaban J connectivity index is 2.93. The molecular weight excluding hydrogens is 237 g/mol. The first kappa shape index (κ1) is 13.6. The fourth-order valence-electron chi connectivity index (χ4n) is 1.17. The summed E-state index contributed by atoms with van der Waals surface area (Å²) in [5.74, 6) is -1.88. The van der Waals surface area contributed by atoms with Crippen molar-refractivity contribution in [3.8, 4) is 6.07 Å². The van der Waals surface area contributed by atoms with Crippen LogP contribution in [0.4, 0.5) is 4.39 Å². The van der Waals surface area contributed by atoms with Crippen molar-refractivity contribution in [1.82, 2.24) is 0 Å². The largest absolute Gasteiger partial charge is 0.462 e. The van der Waals surface area contributed by atoms with Crippen LogP contribution in [0.3, 0.4) is 0 Å². The number of halogens is 1. The molecule has 18 heavy (non-hydrogen) atoms. The van der Waals surface area contributed by atoms with Crippen LogP contribution in [0, 0.1) is 17.1 Å². The standard InChI is InChI=1S/C13H10FNO3/c1-2-18-13(17)10(8-15)7-12(16)9-3-5-11(14)6-4-9/h3-7H,2H2,1H3/b10-7+. The molecule has 92 valence electrons. The molecule has 1 aromatic carbocycles. The Morgan fingerprint density at radius 1 is 1.39 bits per heavy atom. The molecule has 4 nitrogen and oxygen atoms in total. The molecule has 0 saturated carbocycles. The second kappa shape index (κ2) is 6.30. The highest BCUT2D eigenvalue weighted by molar-refractivity contribution is 6.09. The molecule has 0 aliphatic rings. The molecule has 1 aromatic rings. The molecule has 0 N–H and O–H groups in total. The Morgan fingerprint density at radius 2 is 2.00 bits per heavy atom. The molecule has 0 aliphatic carbocycles. The van der Waals surface area contributed by atoms with Gasteiger partial charge < -0.3 is 4.74 Å². The maximum Gasteiger partial charge on any atom is 0.349 e. The molecule has 0 bridgehead atoms. The fourth-order valence-corrected chi connectivity index (χ4v) is 1.17. The van der Waals surface area contributed by atoms with Crippen molar-refractivity contribution in [1.29, 1.82) is 5.26 Å². The van der Waals surface area contributed by atoms with Crippen LogP contribution < -0.4 is 0 Å². The first-order valence-corrected chi connectivity index (χ1v) is 5.17. The lowest BCUT2D eigenvalue weighted by atomic mass is 10.1. The molecule has 0 atom stereocenters. The number of hydrogen-bond acceptors (Lipinski definition) is 4. The summed E-state index contributed by atoms with van der Waals surface area (Å²) in [5, 5.41) is 8.73. The van der Waals surface area contributed by atoms with E-state index in [1.54, 1.807) is 13.0 Å². The van der Waals surface area contributed by atoms with Crippen LogP contribution in [-0.2, 0) is 9.53 Å². The van der Waals surface area contributed by atoms with Gasteiger partial charge in [0.15, 0.2) is 5.78 Å². The van der Waals surface area contributed by atoms with Gasteiger partial charge in [0, 0.05) is 11.6 Å². The minimum absolute atomic E-state index is 0.114. The van der Waals surface area contributed by atoms with Crippen LogP contribution in [0.25, 0.3) is 0 Å². The molecule has 0 heterocycles. The van der Waals surface area contributed by atoms with Gasteiger partial charge in [-0.05, 0) is 31.2 Å². The lowest BCUT2D eigenvalue weighted by Gasteiger charge is -1.99. The van der Waals surface area contributed by atoms with Crippen molar-refractivity contribution < 1.29 is 18.7 Å². The van der Waals surface area contributed by atoms with Gasteiger partial charge in [-0.15, -0.1) is 0 Å². The third kappa shape index (κ3) is 3.52. The third-order valence-electron chi connectivity index (χ3n) is 2.02. The van der Waals surface area contributed by atoms with E-state index < -0.39 is 17.6 Å². The normalized spacial score (nSPS) is 10.6. The van der Waals surface area contributed by atoms with E-state index in [1.807, 2.05) is 0 Å². The van der Waals surface area contributed by atoms with E-state index in [4.69, 9.17) is 5.26 Å². The van der Waals surface area contributed by atoms with Crippen LogP contribution in [0.5, 0.6) is 0 Å².